The third-order valence-corrected chi connectivity index (χ3v) is 2.56. The fourth-order valence-electron chi connectivity index (χ4n) is 0.602. The molecular formula is C6H9F3O5S. The second kappa shape index (κ2) is 4.79. The van der Waals surface area contributed by atoms with Crippen molar-refractivity contribution in [1.82, 2.24) is 0 Å². The molecule has 0 aliphatic carbocycles. The lowest BCUT2D eigenvalue weighted by atomic mass is 10.1. The quantitative estimate of drug-likeness (QED) is 0.580. The highest BCUT2D eigenvalue weighted by Gasteiger charge is 2.47. The summed E-state index contributed by atoms with van der Waals surface area (Å²) in [7, 11) is -5.70. The van der Waals surface area contributed by atoms with E-state index in [1.807, 2.05) is 0 Å². The number of halogens is 3. The lowest BCUT2D eigenvalue weighted by molar-refractivity contribution is -0.143. The Kier molecular flexibility index (Phi) is 4.53. The number of carboxylic acid groups (broad SMARTS) is 1. The van der Waals surface area contributed by atoms with Crippen LogP contribution in [0.2, 0.25) is 0 Å². The monoisotopic (exact) mass is 250 g/mol. The Morgan fingerprint density at radius 2 is 1.93 bits per heavy atom. The number of alkyl halides is 3. The molecule has 0 amide bonds. The largest absolute Gasteiger partial charge is 0.523 e. The predicted molar refractivity (Wildman–Crippen MR) is 42.3 cm³/mol. The molecule has 0 aromatic carbocycles. The van der Waals surface area contributed by atoms with Crippen molar-refractivity contribution < 1.29 is 35.7 Å². The van der Waals surface area contributed by atoms with E-state index >= 15 is 0 Å². The first-order valence-electron chi connectivity index (χ1n) is 3.80. The Bertz CT molecular complexity index is 320. The molecule has 0 saturated heterocycles. The van der Waals surface area contributed by atoms with Crippen LogP contribution in [0.25, 0.3) is 0 Å². The van der Waals surface area contributed by atoms with Crippen LogP contribution in [0.15, 0.2) is 0 Å². The van der Waals surface area contributed by atoms with E-state index in [2.05, 4.69) is 4.18 Å². The van der Waals surface area contributed by atoms with Gasteiger partial charge in [0.2, 0.25) is 0 Å². The zero-order valence-corrected chi connectivity index (χ0v) is 8.43. The van der Waals surface area contributed by atoms with Gasteiger partial charge in [0.1, 0.15) is 0 Å². The molecule has 1 unspecified atom stereocenters. The number of carbonyl (C=O) groups is 1. The van der Waals surface area contributed by atoms with Gasteiger partial charge in [-0.1, -0.05) is 6.92 Å². The Labute approximate surface area is 84.0 Å². The zero-order chi connectivity index (χ0) is 12.3. The van der Waals surface area contributed by atoms with Gasteiger partial charge in [0.05, 0.1) is 12.5 Å². The van der Waals surface area contributed by atoms with E-state index in [-0.39, 0.29) is 6.42 Å². The standard InChI is InChI=1S/C6H9F3O5S/c1-2-4(5(10)11)3-14-15(12,13)6(7,8)9/h4H,2-3H2,1H3,(H,10,11). The first-order valence-corrected chi connectivity index (χ1v) is 5.21. The molecule has 0 fully saturated rings. The third kappa shape index (κ3) is 4.04. The van der Waals surface area contributed by atoms with Crippen LogP contribution >= 0.6 is 0 Å². The Morgan fingerprint density at radius 1 is 1.47 bits per heavy atom. The molecule has 0 aliphatic rings. The maximum atomic E-state index is 11.7. The summed E-state index contributed by atoms with van der Waals surface area (Å²) in [6.07, 6.45) is -0.0251. The van der Waals surface area contributed by atoms with Crippen molar-refractivity contribution in [2.75, 3.05) is 6.61 Å². The van der Waals surface area contributed by atoms with Gasteiger partial charge in [0.25, 0.3) is 0 Å². The average Bonchev–Trinajstić information content (AvgIpc) is 2.02. The number of rotatable bonds is 5. The summed E-state index contributed by atoms with van der Waals surface area (Å²) in [5.74, 6) is -2.68. The van der Waals surface area contributed by atoms with Crippen LogP contribution in [0, 0.1) is 5.92 Å². The maximum Gasteiger partial charge on any atom is 0.523 e. The van der Waals surface area contributed by atoms with E-state index in [1.165, 1.54) is 6.92 Å². The van der Waals surface area contributed by atoms with E-state index in [1.54, 1.807) is 0 Å². The van der Waals surface area contributed by atoms with Gasteiger partial charge >= 0.3 is 21.6 Å². The minimum absolute atomic E-state index is 0.0251. The predicted octanol–water partition coefficient (Wildman–Crippen LogP) is 0.963. The van der Waals surface area contributed by atoms with E-state index in [0.717, 1.165) is 0 Å². The molecule has 1 atom stereocenters. The van der Waals surface area contributed by atoms with Crippen molar-refractivity contribution in [3.05, 3.63) is 0 Å². The van der Waals surface area contributed by atoms with E-state index in [0.29, 0.717) is 0 Å². The second-order valence-electron chi connectivity index (χ2n) is 2.63. The lowest BCUT2D eigenvalue weighted by Crippen LogP contribution is -2.29. The highest BCUT2D eigenvalue weighted by molar-refractivity contribution is 7.87. The van der Waals surface area contributed by atoms with Crippen molar-refractivity contribution in [2.45, 2.75) is 18.9 Å². The molecule has 0 aliphatic heterocycles. The van der Waals surface area contributed by atoms with Gasteiger partial charge in [-0.05, 0) is 6.42 Å². The SMILES string of the molecule is CCC(COS(=O)(=O)C(F)(F)F)C(=O)O. The molecule has 1 N–H and O–H groups in total. The van der Waals surface area contributed by atoms with Gasteiger partial charge in [-0.15, -0.1) is 0 Å². The maximum absolute atomic E-state index is 11.7. The van der Waals surface area contributed by atoms with Gasteiger partial charge in [0.15, 0.2) is 0 Å². The molecule has 0 aromatic heterocycles. The normalized spacial score (nSPS) is 14.9. The molecular weight excluding hydrogens is 241 g/mol. The molecule has 0 heterocycles. The van der Waals surface area contributed by atoms with Crippen LogP contribution in [0.3, 0.4) is 0 Å². The van der Waals surface area contributed by atoms with E-state index < -0.39 is 34.1 Å². The number of aliphatic carboxylic acids is 1. The van der Waals surface area contributed by atoms with Crippen LogP contribution in [-0.2, 0) is 19.1 Å². The summed E-state index contributed by atoms with van der Waals surface area (Å²) in [6.45, 7) is 0.371. The van der Waals surface area contributed by atoms with Crippen molar-refractivity contribution in [1.29, 1.82) is 0 Å². The number of hydrogen-bond acceptors (Lipinski definition) is 4. The van der Waals surface area contributed by atoms with Crippen LogP contribution in [-0.4, -0.2) is 31.6 Å². The molecule has 0 aromatic rings. The molecule has 5 nitrogen and oxygen atoms in total. The molecule has 15 heavy (non-hydrogen) atoms. The second-order valence-corrected chi connectivity index (χ2v) is 4.23. The minimum atomic E-state index is -5.70. The van der Waals surface area contributed by atoms with Gasteiger partial charge < -0.3 is 5.11 Å². The Hall–Kier alpha value is -0.830. The van der Waals surface area contributed by atoms with Crippen molar-refractivity contribution >= 4 is 16.1 Å². The van der Waals surface area contributed by atoms with Crippen LogP contribution in [0.5, 0.6) is 0 Å². The van der Waals surface area contributed by atoms with Gasteiger partial charge in [-0.25, -0.2) is 0 Å². The molecule has 9 heteroatoms. The third-order valence-electron chi connectivity index (χ3n) is 1.55. The van der Waals surface area contributed by atoms with Crippen LogP contribution in [0.4, 0.5) is 13.2 Å². The van der Waals surface area contributed by atoms with E-state index in [4.69, 9.17) is 5.11 Å². The smallest absolute Gasteiger partial charge is 0.481 e. The first kappa shape index (κ1) is 14.2. The Balaban J connectivity index is 4.46. The molecule has 0 bridgehead atoms. The molecule has 90 valence electrons. The highest BCUT2D eigenvalue weighted by atomic mass is 32.2. The van der Waals surface area contributed by atoms with Crippen molar-refractivity contribution in [2.24, 2.45) is 5.92 Å². The highest BCUT2D eigenvalue weighted by Crippen LogP contribution is 2.25. The van der Waals surface area contributed by atoms with Crippen molar-refractivity contribution in [3.8, 4) is 0 Å². The van der Waals surface area contributed by atoms with Crippen LogP contribution in [0.1, 0.15) is 13.3 Å². The Morgan fingerprint density at radius 3 is 2.20 bits per heavy atom. The van der Waals surface area contributed by atoms with Gasteiger partial charge in [0, 0.05) is 0 Å². The summed E-state index contributed by atoms with van der Waals surface area (Å²) in [6, 6.07) is 0. The van der Waals surface area contributed by atoms with Crippen LogP contribution < -0.4 is 0 Å². The molecule has 0 radical (unpaired) electrons. The van der Waals surface area contributed by atoms with Gasteiger partial charge in [-0.2, -0.15) is 21.6 Å². The number of carboxylic acids is 1. The summed E-state index contributed by atoms with van der Waals surface area (Å²) in [5, 5.41) is 8.42. The molecule has 0 saturated carbocycles. The molecule has 0 rings (SSSR count). The zero-order valence-electron chi connectivity index (χ0n) is 7.61. The summed E-state index contributed by atoms with van der Waals surface area (Å²) in [5.41, 5.74) is -5.52. The minimum Gasteiger partial charge on any atom is -0.481 e. The summed E-state index contributed by atoms with van der Waals surface area (Å²) >= 11 is 0. The first-order chi connectivity index (χ1) is 6.62. The van der Waals surface area contributed by atoms with E-state index in [9.17, 15) is 26.4 Å². The summed E-state index contributed by atoms with van der Waals surface area (Å²) < 4.78 is 59.5. The fraction of sp³-hybridized carbons (Fsp3) is 0.833. The van der Waals surface area contributed by atoms with Crippen molar-refractivity contribution in [3.63, 3.8) is 0 Å². The number of hydrogen-bond donors (Lipinski definition) is 1. The van der Waals surface area contributed by atoms with Gasteiger partial charge in [-0.3, -0.25) is 8.98 Å². The lowest BCUT2D eigenvalue weighted by Gasteiger charge is -2.11. The molecule has 0 spiro atoms. The fourth-order valence-corrected chi connectivity index (χ4v) is 1.08. The summed E-state index contributed by atoms with van der Waals surface area (Å²) in [4.78, 5) is 10.3. The topological polar surface area (TPSA) is 80.7 Å². The average molecular weight is 250 g/mol.